The minimum atomic E-state index is -0.239. The van der Waals surface area contributed by atoms with Gasteiger partial charge in [0.2, 0.25) is 0 Å². The fourth-order valence-corrected chi connectivity index (χ4v) is 3.83. The van der Waals surface area contributed by atoms with Gasteiger partial charge in [-0.15, -0.1) is 0 Å². The van der Waals surface area contributed by atoms with Gasteiger partial charge in [0.05, 0.1) is 11.1 Å². The first-order valence-electron chi connectivity index (χ1n) is 10.4. The highest BCUT2D eigenvalue weighted by Gasteiger charge is 2.26. The molecular formula is C24H25N5O2. The number of rotatable bonds is 5. The summed E-state index contributed by atoms with van der Waals surface area (Å²) in [4.78, 5) is 35.5. The maximum atomic E-state index is 12.6. The SMILES string of the molecule is Nc1nc(C2CCN(C(=O)c3cccnc3)CC2)ccc1C(=O)NCc1ccccc1. The summed E-state index contributed by atoms with van der Waals surface area (Å²) in [6.45, 7) is 1.74. The molecule has 31 heavy (non-hydrogen) atoms. The first-order chi connectivity index (χ1) is 15.1. The summed E-state index contributed by atoms with van der Waals surface area (Å²) in [5.41, 5.74) is 8.98. The summed E-state index contributed by atoms with van der Waals surface area (Å²) in [5.74, 6) is 0.209. The lowest BCUT2D eigenvalue weighted by atomic mass is 9.92. The molecule has 2 amide bonds. The minimum Gasteiger partial charge on any atom is -0.383 e. The van der Waals surface area contributed by atoms with Crippen molar-refractivity contribution in [2.45, 2.75) is 25.3 Å². The van der Waals surface area contributed by atoms with Gasteiger partial charge in [0.1, 0.15) is 5.82 Å². The van der Waals surface area contributed by atoms with Gasteiger partial charge in [-0.05, 0) is 42.7 Å². The molecule has 0 radical (unpaired) electrons. The van der Waals surface area contributed by atoms with E-state index in [1.165, 1.54) is 0 Å². The van der Waals surface area contributed by atoms with Crippen LogP contribution < -0.4 is 11.1 Å². The number of nitrogens with one attached hydrogen (secondary N) is 1. The summed E-state index contributed by atoms with van der Waals surface area (Å²) < 4.78 is 0. The van der Waals surface area contributed by atoms with Gasteiger partial charge in [-0.25, -0.2) is 4.98 Å². The van der Waals surface area contributed by atoms with Crippen molar-refractivity contribution in [3.63, 3.8) is 0 Å². The molecule has 4 rings (SSSR count). The smallest absolute Gasteiger partial charge is 0.255 e. The Bertz CT molecular complexity index is 1050. The summed E-state index contributed by atoms with van der Waals surface area (Å²) in [6, 6.07) is 16.9. The largest absolute Gasteiger partial charge is 0.383 e. The molecule has 3 heterocycles. The zero-order valence-corrected chi connectivity index (χ0v) is 17.2. The van der Waals surface area contributed by atoms with Crippen LogP contribution in [0.3, 0.4) is 0 Å². The van der Waals surface area contributed by atoms with Crippen LogP contribution in [0.5, 0.6) is 0 Å². The van der Waals surface area contributed by atoms with E-state index >= 15 is 0 Å². The molecule has 7 heteroatoms. The summed E-state index contributed by atoms with van der Waals surface area (Å²) in [6.07, 6.45) is 4.86. The van der Waals surface area contributed by atoms with Crippen LogP contribution in [0.2, 0.25) is 0 Å². The van der Waals surface area contributed by atoms with Crippen LogP contribution in [0.1, 0.15) is 50.7 Å². The van der Waals surface area contributed by atoms with E-state index in [9.17, 15) is 9.59 Å². The number of nitrogen functional groups attached to an aromatic ring is 1. The molecule has 0 spiro atoms. The number of likely N-dealkylation sites (tertiary alicyclic amines) is 1. The van der Waals surface area contributed by atoms with Crippen LogP contribution in [0.4, 0.5) is 5.82 Å². The Morgan fingerprint density at radius 1 is 1.03 bits per heavy atom. The molecule has 3 aromatic rings. The Balaban J connectivity index is 1.35. The maximum Gasteiger partial charge on any atom is 0.255 e. The molecule has 1 saturated heterocycles. The maximum absolute atomic E-state index is 12.6. The Morgan fingerprint density at radius 2 is 1.81 bits per heavy atom. The van der Waals surface area contributed by atoms with Crippen molar-refractivity contribution in [2.24, 2.45) is 0 Å². The van der Waals surface area contributed by atoms with Crippen molar-refractivity contribution in [2.75, 3.05) is 18.8 Å². The van der Waals surface area contributed by atoms with Gasteiger partial charge < -0.3 is 16.0 Å². The van der Waals surface area contributed by atoms with Gasteiger partial charge in [-0.2, -0.15) is 0 Å². The van der Waals surface area contributed by atoms with E-state index in [0.29, 0.717) is 30.8 Å². The fraction of sp³-hybridized carbons (Fsp3) is 0.250. The van der Waals surface area contributed by atoms with Gasteiger partial charge in [0.15, 0.2) is 0 Å². The predicted octanol–water partition coefficient (Wildman–Crippen LogP) is 3.01. The van der Waals surface area contributed by atoms with Crippen molar-refractivity contribution in [3.8, 4) is 0 Å². The second-order valence-electron chi connectivity index (χ2n) is 7.65. The number of nitrogens with zero attached hydrogens (tertiary/aromatic N) is 3. The normalized spacial score (nSPS) is 14.3. The van der Waals surface area contributed by atoms with E-state index < -0.39 is 0 Å². The number of nitrogens with two attached hydrogens (primary N) is 1. The second-order valence-corrected chi connectivity index (χ2v) is 7.65. The molecule has 1 aliphatic heterocycles. The lowest BCUT2D eigenvalue weighted by molar-refractivity contribution is 0.0711. The van der Waals surface area contributed by atoms with E-state index in [2.05, 4.69) is 15.3 Å². The van der Waals surface area contributed by atoms with Gasteiger partial charge in [0, 0.05) is 43.6 Å². The third kappa shape index (κ3) is 4.88. The van der Waals surface area contributed by atoms with Crippen LogP contribution in [-0.2, 0) is 6.54 Å². The lowest BCUT2D eigenvalue weighted by Crippen LogP contribution is -2.38. The zero-order chi connectivity index (χ0) is 21.6. The fourth-order valence-electron chi connectivity index (χ4n) is 3.83. The highest BCUT2D eigenvalue weighted by atomic mass is 16.2. The molecular weight excluding hydrogens is 390 g/mol. The number of benzene rings is 1. The monoisotopic (exact) mass is 415 g/mol. The van der Waals surface area contributed by atoms with E-state index in [1.807, 2.05) is 41.3 Å². The highest BCUT2D eigenvalue weighted by Crippen LogP contribution is 2.28. The molecule has 0 unspecified atom stereocenters. The first-order valence-corrected chi connectivity index (χ1v) is 10.4. The molecule has 1 aromatic carbocycles. The van der Waals surface area contributed by atoms with Gasteiger partial charge in [-0.3, -0.25) is 14.6 Å². The third-order valence-corrected chi connectivity index (χ3v) is 5.60. The van der Waals surface area contributed by atoms with Crippen LogP contribution in [0.25, 0.3) is 0 Å². The molecule has 0 saturated carbocycles. The molecule has 1 aliphatic rings. The average Bonchev–Trinajstić information content (AvgIpc) is 2.83. The number of hydrogen-bond donors (Lipinski definition) is 2. The van der Waals surface area contributed by atoms with Crippen LogP contribution in [0.15, 0.2) is 67.0 Å². The summed E-state index contributed by atoms with van der Waals surface area (Å²) in [5, 5.41) is 2.88. The Labute approximate surface area is 181 Å². The Hall–Kier alpha value is -3.74. The van der Waals surface area contributed by atoms with E-state index in [4.69, 9.17) is 5.73 Å². The zero-order valence-electron chi connectivity index (χ0n) is 17.2. The minimum absolute atomic E-state index is 0.00413. The molecule has 2 aromatic heterocycles. The first kappa shape index (κ1) is 20.5. The van der Waals surface area contributed by atoms with Crippen molar-refractivity contribution < 1.29 is 9.59 Å². The van der Waals surface area contributed by atoms with Crippen LogP contribution in [0, 0.1) is 0 Å². The number of piperidine rings is 1. The van der Waals surface area contributed by atoms with E-state index in [1.54, 1.807) is 30.6 Å². The van der Waals surface area contributed by atoms with E-state index in [-0.39, 0.29) is 23.6 Å². The summed E-state index contributed by atoms with van der Waals surface area (Å²) >= 11 is 0. The predicted molar refractivity (Wildman–Crippen MR) is 118 cm³/mol. The number of amides is 2. The number of hydrogen-bond acceptors (Lipinski definition) is 5. The van der Waals surface area contributed by atoms with Crippen molar-refractivity contribution >= 4 is 17.6 Å². The third-order valence-electron chi connectivity index (χ3n) is 5.60. The van der Waals surface area contributed by atoms with Crippen LogP contribution in [-0.4, -0.2) is 39.8 Å². The quantitative estimate of drug-likeness (QED) is 0.667. The lowest BCUT2D eigenvalue weighted by Gasteiger charge is -2.32. The number of aromatic nitrogens is 2. The van der Waals surface area contributed by atoms with Gasteiger partial charge >= 0.3 is 0 Å². The average molecular weight is 415 g/mol. The molecule has 158 valence electrons. The molecule has 0 atom stereocenters. The number of anilines is 1. The number of carbonyl (C=O) groups excluding carboxylic acids is 2. The van der Waals surface area contributed by atoms with E-state index in [0.717, 1.165) is 24.1 Å². The van der Waals surface area contributed by atoms with Crippen LogP contribution >= 0.6 is 0 Å². The van der Waals surface area contributed by atoms with Crippen molar-refractivity contribution in [3.05, 3.63) is 89.4 Å². The summed E-state index contributed by atoms with van der Waals surface area (Å²) in [7, 11) is 0. The molecule has 7 nitrogen and oxygen atoms in total. The molecule has 3 N–H and O–H groups in total. The molecule has 1 fully saturated rings. The van der Waals surface area contributed by atoms with Crippen molar-refractivity contribution in [1.29, 1.82) is 0 Å². The topological polar surface area (TPSA) is 101 Å². The Morgan fingerprint density at radius 3 is 2.48 bits per heavy atom. The number of carbonyl (C=O) groups is 2. The standard InChI is InChI=1S/C24H25N5O2/c25-22-20(23(30)27-15-17-5-2-1-3-6-17)8-9-21(28-22)18-10-13-29(14-11-18)24(31)19-7-4-12-26-16-19/h1-9,12,16,18H,10-11,13-15H2,(H2,25,28)(H,27,30). The Kier molecular flexibility index (Phi) is 6.21. The van der Waals surface area contributed by atoms with Gasteiger partial charge in [0.25, 0.3) is 11.8 Å². The number of pyridine rings is 2. The molecule has 0 bridgehead atoms. The second kappa shape index (κ2) is 9.38. The molecule has 0 aliphatic carbocycles. The van der Waals surface area contributed by atoms with Gasteiger partial charge in [-0.1, -0.05) is 30.3 Å². The van der Waals surface area contributed by atoms with Crippen molar-refractivity contribution in [1.82, 2.24) is 20.2 Å². The highest BCUT2D eigenvalue weighted by molar-refractivity contribution is 5.98.